The van der Waals surface area contributed by atoms with Crippen LogP contribution in [0.2, 0.25) is 0 Å². The molecule has 1 N–H and O–H groups in total. The first-order valence-electron chi connectivity index (χ1n) is 5.18. The van der Waals surface area contributed by atoms with Gasteiger partial charge in [-0.2, -0.15) is 0 Å². The Balaban J connectivity index is 2.99. The molecule has 0 heterocycles. The normalized spacial score (nSPS) is 9.75. The summed E-state index contributed by atoms with van der Waals surface area (Å²) < 4.78 is 15.4. The predicted molar refractivity (Wildman–Crippen MR) is 60.0 cm³/mol. The lowest BCUT2D eigenvalue weighted by molar-refractivity contribution is -0.121. The molecule has 0 aromatic carbocycles. The van der Waals surface area contributed by atoms with Gasteiger partial charge < -0.3 is 19.5 Å². The number of hydrogen-bond donors (Lipinski definition) is 1. The number of terminal acetylenes is 1. The van der Waals surface area contributed by atoms with Gasteiger partial charge >= 0.3 is 0 Å². The van der Waals surface area contributed by atoms with Crippen molar-refractivity contribution in [1.82, 2.24) is 5.32 Å². The Bertz CT molecular complexity index is 213. The van der Waals surface area contributed by atoms with Crippen molar-refractivity contribution in [2.24, 2.45) is 0 Å². The van der Waals surface area contributed by atoms with Gasteiger partial charge in [-0.05, 0) is 0 Å². The van der Waals surface area contributed by atoms with Crippen molar-refractivity contribution >= 4 is 5.91 Å². The van der Waals surface area contributed by atoms with Crippen molar-refractivity contribution in [2.75, 3.05) is 46.7 Å². The first kappa shape index (κ1) is 14.9. The fourth-order valence-corrected chi connectivity index (χ4v) is 0.861. The van der Waals surface area contributed by atoms with Gasteiger partial charge in [0, 0.05) is 13.5 Å². The molecule has 0 spiro atoms. The van der Waals surface area contributed by atoms with Crippen LogP contribution in [0.5, 0.6) is 0 Å². The Morgan fingerprint density at radius 1 is 1.12 bits per heavy atom. The van der Waals surface area contributed by atoms with E-state index in [0.717, 1.165) is 0 Å². The van der Waals surface area contributed by atoms with Gasteiger partial charge in [-0.3, -0.25) is 4.79 Å². The molecule has 5 nitrogen and oxygen atoms in total. The van der Waals surface area contributed by atoms with Crippen LogP contribution in [0.25, 0.3) is 0 Å². The lowest BCUT2D eigenvalue weighted by Gasteiger charge is -2.05. The summed E-state index contributed by atoms with van der Waals surface area (Å²) in [6.45, 7) is 2.69. The van der Waals surface area contributed by atoms with E-state index in [-0.39, 0.29) is 5.91 Å². The average molecular weight is 229 g/mol. The zero-order chi connectivity index (χ0) is 12.1. The summed E-state index contributed by atoms with van der Waals surface area (Å²) in [5.41, 5.74) is 0. The van der Waals surface area contributed by atoms with Crippen molar-refractivity contribution in [2.45, 2.75) is 6.42 Å². The summed E-state index contributed by atoms with van der Waals surface area (Å²) >= 11 is 0. The summed E-state index contributed by atoms with van der Waals surface area (Å²) in [6.07, 6.45) is 5.37. The molecule has 0 atom stereocenters. The fraction of sp³-hybridized carbons (Fsp3) is 0.727. The van der Waals surface area contributed by atoms with Crippen LogP contribution in [0.3, 0.4) is 0 Å². The number of ether oxygens (including phenoxy) is 3. The number of nitrogens with one attached hydrogen (secondary N) is 1. The first-order chi connectivity index (χ1) is 7.81. The highest BCUT2D eigenvalue weighted by atomic mass is 16.5. The van der Waals surface area contributed by atoms with Gasteiger partial charge in [0.2, 0.25) is 5.91 Å². The Morgan fingerprint density at radius 2 is 1.69 bits per heavy atom. The Hall–Kier alpha value is -1.09. The third-order valence-corrected chi connectivity index (χ3v) is 1.68. The largest absolute Gasteiger partial charge is 0.379 e. The molecular weight excluding hydrogens is 210 g/mol. The number of rotatable bonds is 10. The topological polar surface area (TPSA) is 56.8 Å². The number of hydrogen-bond acceptors (Lipinski definition) is 4. The SMILES string of the molecule is C#CCOCCOCCOCCC(=O)NC. The van der Waals surface area contributed by atoms with Crippen LogP contribution in [0.1, 0.15) is 6.42 Å². The summed E-state index contributed by atoms with van der Waals surface area (Å²) in [5, 5.41) is 2.51. The summed E-state index contributed by atoms with van der Waals surface area (Å²) in [5.74, 6) is 2.34. The molecule has 0 unspecified atom stereocenters. The van der Waals surface area contributed by atoms with Gasteiger partial charge in [-0.25, -0.2) is 0 Å². The molecule has 92 valence electrons. The second kappa shape index (κ2) is 12.0. The highest BCUT2D eigenvalue weighted by Crippen LogP contribution is 1.84. The molecule has 0 aliphatic heterocycles. The highest BCUT2D eigenvalue weighted by molar-refractivity contribution is 5.75. The molecule has 0 fully saturated rings. The van der Waals surface area contributed by atoms with Crippen LogP contribution in [0, 0.1) is 12.3 Å². The molecule has 16 heavy (non-hydrogen) atoms. The van der Waals surface area contributed by atoms with Gasteiger partial charge in [-0.1, -0.05) is 5.92 Å². The van der Waals surface area contributed by atoms with E-state index in [4.69, 9.17) is 20.6 Å². The van der Waals surface area contributed by atoms with Crippen LogP contribution in [-0.2, 0) is 19.0 Å². The van der Waals surface area contributed by atoms with Gasteiger partial charge in [0.15, 0.2) is 0 Å². The maximum atomic E-state index is 10.8. The molecule has 0 aromatic heterocycles. The number of carbonyl (C=O) groups excluding carboxylic acids is 1. The fourth-order valence-electron chi connectivity index (χ4n) is 0.861. The second-order valence-corrected chi connectivity index (χ2v) is 2.90. The van der Waals surface area contributed by atoms with E-state index in [9.17, 15) is 4.79 Å². The van der Waals surface area contributed by atoms with E-state index >= 15 is 0 Å². The van der Waals surface area contributed by atoms with Gasteiger partial charge in [0.1, 0.15) is 6.61 Å². The van der Waals surface area contributed by atoms with E-state index in [1.165, 1.54) is 0 Å². The number of amides is 1. The van der Waals surface area contributed by atoms with E-state index in [2.05, 4.69) is 11.2 Å². The smallest absolute Gasteiger partial charge is 0.222 e. The molecule has 0 saturated heterocycles. The molecule has 1 amide bonds. The van der Waals surface area contributed by atoms with E-state index in [0.29, 0.717) is 46.1 Å². The lowest BCUT2D eigenvalue weighted by Crippen LogP contribution is -2.20. The minimum atomic E-state index is -0.0244. The molecule has 0 aliphatic carbocycles. The summed E-state index contributed by atoms with van der Waals surface area (Å²) in [4.78, 5) is 10.8. The predicted octanol–water partition coefficient (Wildman–Crippen LogP) is -0.194. The third kappa shape index (κ3) is 11.0. The van der Waals surface area contributed by atoms with Crippen molar-refractivity contribution < 1.29 is 19.0 Å². The van der Waals surface area contributed by atoms with Crippen LogP contribution >= 0.6 is 0 Å². The molecule has 5 heteroatoms. The molecule has 0 aromatic rings. The maximum Gasteiger partial charge on any atom is 0.222 e. The Kier molecular flexibility index (Phi) is 11.2. The van der Waals surface area contributed by atoms with Crippen LogP contribution in [-0.4, -0.2) is 52.6 Å². The van der Waals surface area contributed by atoms with Gasteiger partial charge in [0.05, 0.1) is 33.0 Å². The second-order valence-electron chi connectivity index (χ2n) is 2.90. The molecule has 0 rings (SSSR count). The van der Waals surface area contributed by atoms with Crippen LogP contribution in [0.4, 0.5) is 0 Å². The van der Waals surface area contributed by atoms with Gasteiger partial charge in [-0.15, -0.1) is 6.42 Å². The zero-order valence-corrected chi connectivity index (χ0v) is 9.66. The third-order valence-electron chi connectivity index (χ3n) is 1.68. The van der Waals surface area contributed by atoms with Crippen LogP contribution < -0.4 is 5.32 Å². The van der Waals surface area contributed by atoms with Crippen molar-refractivity contribution in [3.8, 4) is 12.3 Å². The molecule has 0 bridgehead atoms. The van der Waals surface area contributed by atoms with Crippen molar-refractivity contribution in [3.63, 3.8) is 0 Å². The van der Waals surface area contributed by atoms with E-state index in [1.807, 2.05) is 0 Å². The Morgan fingerprint density at radius 3 is 2.25 bits per heavy atom. The highest BCUT2D eigenvalue weighted by Gasteiger charge is 1.96. The minimum Gasteiger partial charge on any atom is -0.379 e. The van der Waals surface area contributed by atoms with Crippen molar-refractivity contribution in [3.05, 3.63) is 0 Å². The van der Waals surface area contributed by atoms with Crippen LogP contribution in [0.15, 0.2) is 0 Å². The molecular formula is C11H19NO4. The molecule has 0 saturated carbocycles. The monoisotopic (exact) mass is 229 g/mol. The van der Waals surface area contributed by atoms with Gasteiger partial charge in [0.25, 0.3) is 0 Å². The summed E-state index contributed by atoms with van der Waals surface area (Å²) in [7, 11) is 1.60. The standard InChI is InChI=1S/C11H19NO4/c1-3-5-14-7-9-16-10-8-15-6-4-11(13)12-2/h1H,4-10H2,2H3,(H,12,13). The van der Waals surface area contributed by atoms with Crippen molar-refractivity contribution in [1.29, 1.82) is 0 Å². The van der Waals surface area contributed by atoms with E-state index in [1.54, 1.807) is 7.05 Å². The number of carbonyl (C=O) groups is 1. The summed E-state index contributed by atoms with van der Waals surface area (Å²) in [6, 6.07) is 0. The Labute approximate surface area is 96.4 Å². The lowest BCUT2D eigenvalue weighted by atomic mass is 10.4. The quantitative estimate of drug-likeness (QED) is 0.416. The maximum absolute atomic E-state index is 10.8. The molecule has 0 aliphatic rings. The minimum absolute atomic E-state index is 0.0244. The van der Waals surface area contributed by atoms with E-state index < -0.39 is 0 Å². The molecule has 0 radical (unpaired) electrons. The average Bonchev–Trinajstić information content (AvgIpc) is 2.31. The first-order valence-corrected chi connectivity index (χ1v) is 5.18. The zero-order valence-electron chi connectivity index (χ0n) is 9.66.